The molecular weight excluding hydrogens is 490 g/mol. The van der Waals surface area contributed by atoms with E-state index >= 15 is 4.39 Å². The summed E-state index contributed by atoms with van der Waals surface area (Å²) in [5, 5.41) is 3.13. The summed E-state index contributed by atoms with van der Waals surface area (Å²) in [6.45, 7) is -0.0917. The number of hydrogen-bond donors (Lipinski definition) is 1. The minimum absolute atomic E-state index is 0.0271. The number of alkyl halides is 2. The van der Waals surface area contributed by atoms with Crippen molar-refractivity contribution in [2.24, 2.45) is 0 Å². The molecular formula is C27H21F4N3O3. The van der Waals surface area contributed by atoms with E-state index in [4.69, 9.17) is 4.42 Å². The van der Waals surface area contributed by atoms with E-state index in [1.807, 2.05) is 0 Å². The highest BCUT2D eigenvalue weighted by Gasteiger charge is 2.36. The van der Waals surface area contributed by atoms with Crippen LogP contribution in [-0.2, 0) is 11.3 Å². The first kappa shape index (κ1) is 24.5. The number of carbonyl (C=O) groups is 2. The molecule has 0 atom stereocenters. The summed E-state index contributed by atoms with van der Waals surface area (Å²) in [4.78, 5) is 28.9. The average Bonchev–Trinajstić information content (AvgIpc) is 3.30. The molecule has 0 unspecified atom stereocenters. The Labute approximate surface area is 208 Å². The lowest BCUT2D eigenvalue weighted by Gasteiger charge is -2.31. The molecule has 1 aliphatic rings. The molecule has 37 heavy (non-hydrogen) atoms. The third-order valence-electron chi connectivity index (χ3n) is 6.33. The molecule has 2 aromatic heterocycles. The number of amides is 2. The van der Waals surface area contributed by atoms with E-state index in [0.29, 0.717) is 39.8 Å². The maximum absolute atomic E-state index is 15.3. The average molecular weight is 511 g/mol. The Morgan fingerprint density at radius 3 is 2.46 bits per heavy atom. The second-order valence-corrected chi connectivity index (χ2v) is 8.86. The Bertz CT molecular complexity index is 1470. The number of benzene rings is 2. The lowest BCUT2D eigenvalue weighted by Crippen LogP contribution is -2.42. The van der Waals surface area contributed by atoms with Crippen molar-refractivity contribution in [1.29, 1.82) is 0 Å². The normalized spacial score (nSPS) is 15.1. The van der Waals surface area contributed by atoms with Gasteiger partial charge in [0, 0.05) is 48.6 Å². The quantitative estimate of drug-likeness (QED) is 0.272. The fraction of sp³-hybridized carbons (Fsp3) is 0.222. The second-order valence-electron chi connectivity index (χ2n) is 8.86. The largest absolute Gasteiger partial charge is 0.459 e. The number of piperidine rings is 1. The molecule has 2 aromatic carbocycles. The number of nitrogens with zero attached hydrogens (tertiary/aromatic N) is 2. The summed E-state index contributed by atoms with van der Waals surface area (Å²) in [7, 11) is 0. The van der Waals surface area contributed by atoms with E-state index in [1.165, 1.54) is 23.2 Å². The third-order valence-corrected chi connectivity index (χ3v) is 6.33. The molecule has 0 spiro atoms. The van der Waals surface area contributed by atoms with Gasteiger partial charge in [-0.05, 0) is 42.0 Å². The smallest absolute Gasteiger partial charge is 0.255 e. The van der Waals surface area contributed by atoms with Crippen LogP contribution in [0.25, 0.3) is 33.4 Å². The lowest BCUT2D eigenvalue weighted by atomic mass is 9.98. The number of nitrogens with one attached hydrogen (secondary N) is 1. The highest BCUT2D eigenvalue weighted by molar-refractivity contribution is 5.97. The van der Waals surface area contributed by atoms with Crippen molar-refractivity contribution in [3.63, 3.8) is 0 Å². The molecule has 190 valence electrons. The number of hydrogen-bond acceptors (Lipinski definition) is 4. The van der Waals surface area contributed by atoms with Crippen molar-refractivity contribution < 1.29 is 31.6 Å². The van der Waals surface area contributed by atoms with Gasteiger partial charge in [-0.15, -0.1) is 0 Å². The summed E-state index contributed by atoms with van der Waals surface area (Å²) < 4.78 is 61.6. The number of aromatic nitrogens is 1. The summed E-state index contributed by atoms with van der Waals surface area (Å²) >= 11 is 0. The third kappa shape index (κ3) is 5.04. The minimum Gasteiger partial charge on any atom is -0.459 e. The predicted molar refractivity (Wildman–Crippen MR) is 128 cm³/mol. The van der Waals surface area contributed by atoms with Gasteiger partial charge in [-0.2, -0.15) is 0 Å². The van der Waals surface area contributed by atoms with Crippen LogP contribution in [-0.4, -0.2) is 41.2 Å². The van der Waals surface area contributed by atoms with Gasteiger partial charge in [0.05, 0.1) is 12.1 Å². The monoisotopic (exact) mass is 511 g/mol. The van der Waals surface area contributed by atoms with Gasteiger partial charge in [-0.25, -0.2) is 17.6 Å². The molecule has 0 saturated carbocycles. The lowest BCUT2D eigenvalue weighted by molar-refractivity contribution is -0.109. The van der Waals surface area contributed by atoms with Crippen molar-refractivity contribution in [1.82, 2.24) is 15.2 Å². The maximum atomic E-state index is 15.3. The van der Waals surface area contributed by atoms with E-state index < -0.39 is 36.3 Å². The SMILES string of the molecule is O=CNCc1cc2cc(-c3ncc(C(=O)N4CCC(F)(F)CC4)cc3F)cc(-c3ccc(F)cc3)c2o1. The number of carbonyl (C=O) groups excluding carboxylic acids is 2. The molecule has 4 aromatic rings. The minimum atomic E-state index is -2.80. The zero-order valence-electron chi connectivity index (χ0n) is 19.4. The highest BCUT2D eigenvalue weighted by atomic mass is 19.3. The van der Waals surface area contributed by atoms with Gasteiger partial charge in [-0.1, -0.05) is 12.1 Å². The topological polar surface area (TPSA) is 75.4 Å². The standard InChI is InChI=1S/C27H21F4N3O3/c28-20-3-1-16(2-4-20)22-11-17(9-18-10-21(14-32-15-35)37-25(18)22)24-23(29)12-19(13-33-24)26(36)34-7-5-27(30,31)6-8-34/h1-4,9-13,15H,5-8,14H2,(H,32,35). The summed E-state index contributed by atoms with van der Waals surface area (Å²) in [5.41, 5.74) is 1.97. The molecule has 0 bridgehead atoms. The number of halogens is 4. The fourth-order valence-corrected chi connectivity index (χ4v) is 4.40. The molecule has 0 radical (unpaired) electrons. The van der Waals surface area contributed by atoms with E-state index in [-0.39, 0.29) is 30.9 Å². The molecule has 1 aliphatic heterocycles. The number of rotatable bonds is 6. The van der Waals surface area contributed by atoms with Gasteiger partial charge in [0.2, 0.25) is 6.41 Å². The van der Waals surface area contributed by atoms with Crippen LogP contribution < -0.4 is 5.32 Å². The Hall–Kier alpha value is -4.21. The van der Waals surface area contributed by atoms with Crippen molar-refractivity contribution >= 4 is 23.3 Å². The fourth-order valence-electron chi connectivity index (χ4n) is 4.40. The molecule has 1 fully saturated rings. The Morgan fingerprint density at radius 1 is 1.05 bits per heavy atom. The van der Waals surface area contributed by atoms with Gasteiger partial charge in [-0.3, -0.25) is 14.6 Å². The first-order valence-corrected chi connectivity index (χ1v) is 11.6. The molecule has 3 heterocycles. The Morgan fingerprint density at radius 2 is 1.78 bits per heavy atom. The van der Waals surface area contributed by atoms with Crippen molar-refractivity contribution in [3.05, 3.63) is 77.7 Å². The van der Waals surface area contributed by atoms with E-state index in [2.05, 4.69) is 10.3 Å². The van der Waals surface area contributed by atoms with Crippen LogP contribution in [0.3, 0.4) is 0 Å². The van der Waals surface area contributed by atoms with Crippen LogP contribution in [0.5, 0.6) is 0 Å². The van der Waals surface area contributed by atoms with E-state index in [9.17, 15) is 22.8 Å². The summed E-state index contributed by atoms with van der Waals surface area (Å²) in [5.74, 6) is -4.08. The molecule has 5 rings (SSSR count). The number of pyridine rings is 1. The van der Waals surface area contributed by atoms with Crippen LogP contribution in [0.4, 0.5) is 17.6 Å². The molecule has 10 heteroatoms. The van der Waals surface area contributed by atoms with E-state index in [1.54, 1.807) is 30.3 Å². The number of fused-ring (bicyclic) bond motifs is 1. The number of likely N-dealkylation sites (tertiary alicyclic amines) is 1. The van der Waals surface area contributed by atoms with Crippen LogP contribution in [0.2, 0.25) is 0 Å². The van der Waals surface area contributed by atoms with Crippen LogP contribution in [0.15, 0.2) is 59.1 Å². The summed E-state index contributed by atoms with van der Waals surface area (Å²) in [6, 6.07) is 11.8. The van der Waals surface area contributed by atoms with Crippen molar-refractivity contribution in [2.45, 2.75) is 25.3 Å². The Balaban J connectivity index is 1.52. The van der Waals surface area contributed by atoms with Crippen LogP contribution in [0.1, 0.15) is 29.0 Å². The highest BCUT2D eigenvalue weighted by Crippen LogP contribution is 2.36. The predicted octanol–water partition coefficient (Wildman–Crippen LogP) is 5.56. The number of furan rings is 1. The van der Waals surface area contributed by atoms with Gasteiger partial charge in [0.25, 0.3) is 11.8 Å². The van der Waals surface area contributed by atoms with Crippen molar-refractivity contribution in [3.8, 4) is 22.4 Å². The van der Waals surface area contributed by atoms with Gasteiger partial charge in [0.15, 0.2) is 0 Å². The van der Waals surface area contributed by atoms with Gasteiger partial charge >= 0.3 is 0 Å². The molecule has 0 aliphatic carbocycles. The zero-order chi connectivity index (χ0) is 26.2. The van der Waals surface area contributed by atoms with E-state index in [0.717, 1.165) is 6.07 Å². The van der Waals surface area contributed by atoms with Crippen LogP contribution in [0, 0.1) is 11.6 Å². The van der Waals surface area contributed by atoms with Crippen LogP contribution >= 0.6 is 0 Å². The van der Waals surface area contributed by atoms with Gasteiger partial charge < -0.3 is 14.6 Å². The Kier molecular flexibility index (Phi) is 6.41. The maximum Gasteiger partial charge on any atom is 0.255 e. The molecule has 2 amide bonds. The summed E-state index contributed by atoms with van der Waals surface area (Å²) in [6.07, 6.45) is 0.892. The van der Waals surface area contributed by atoms with Gasteiger partial charge in [0.1, 0.15) is 28.7 Å². The molecule has 6 nitrogen and oxygen atoms in total. The molecule has 1 N–H and O–H groups in total. The zero-order valence-corrected chi connectivity index (χ0v) is 19.4. The molecule has 1 saturated heterocycles. The second kappa shape index (κ2) is 9.68. The first-order valence-electron chi connectivity index (χ1n) is 11.6. The van der Waals surface area contributed by atoms with Crippen molar-refractivity contribution in [2.75, 3.05) is 13.1 Å². The first-order chi connectivity index (χ1) is 17.7.